The molecule has 132 valence electrons. The van der Waals surface area contributed by atoms with Gasteiger partial charge in [0.1, 0.15) is 18.5 Å². The number of aliphatic imine (C=N–C) groups is 1. The summed E-state index contributed by atoms with van der Waals surface area (Å²) in [4.78, 5) is 4.53. The van der Waals surface area contributed by atoms with E-state index in [1.165, 1.54) is 12.1 Å². The van der Waals surface area contributed by atoms with Gasteiger partial charge < -0.3 is 9.47 Å². The summed E-state index contributed by atoms with van der Waals surface area (Å²) in [5, 5.41) is 0. The molecule has 0 saturated carbocycles. The molecule has 1 heterocycles. The van der Waals surface area contributed by atoms with Gasteiger partial charge in [0.2, 0.25) is 5.90 Å². The van der Waals surface area contributed by atoms with Gasteiger partial charge in [0.15, 0.2) is 15.9 Å². The van der Waals surface area contributed by atoms with Crippen LogP contribution in [0, 0.1) is 0 Å². The maximum Gasteiger partial charge on any atom is 0.217 e. The Morgan fingerprint density at radius 3 is 2.28 bits per heavy atom. The number of rotatable bonds is 5. The summed E-state index contributed by atoms with van der Waals surface area (Å²) in [6.45, 7) is -0.669. The number of methoxy groups -OCH3 is 1. The van der Waals surface area contributed by atoms with E-state index in [4.69, 9.17) is 9.47 Å². The van der Waals surface area contributed by atoms with Crippen LogP contribution in [0.5, 0.6) is 5.75 Å². The van der Waals surface area contributed by atoms with Crippen LogP contribution < -0.4 is 4.74 Å². The molecular weight excluding hydrogens is 345 g/mol. The molecule has 2 atom stereocenters. The summed E-state index contributed by atoms with van der Waals surface area (Å²) in [7, 11) is -1.70. The molecule has 2 aromatic carbocycles. The highest BCUT2D eigenvalue weighted by Crippen LogP contribution is 2.32. The van der Waals surface area contributed by atoms with Gasteiger partial charge in [0.05, 0.1) is 12.0 Å². The van der Waals surface area contributed by atoms with E-state index in [0.29, 0.717) is 17.2 Å². The van der Waals surface area contributed by atoms with Crippen molar-refractivity contribution in [3.63, 3.8) is 0 Å². The standard InChI is InChI=1S/C18H18FNO4S/c1-23-14-7-3-13(4-8-14)18-20-16(11-19)17(24-18)12-5-9-15(10-6-12)25(2,21)22/h3-10,16-17H,11H2,1-2H3. The van der Waals surface area contributed by atoms with Crippen LogP contribution in [0.2, 0.25) is 0 Å². The summed E-state index contributed by atoms with van der Waals surface area (Å²) in [5.74, 6) is 1.07. The number of sulfone groups is 1. The topological polar surface area (TPSA) is 65.0 Å². The smallest absolute Gasteiger partial charge is 0.217 e. The van der Waals surface area contributed by atoms with Gasteiger partial charge in [-0.15, -0.1) is 0 Å². The van der Waals surface area contributed by atoms with E-state index in [1.807, 2.05) is 0 Å². The van der Waals surface area contributed by atoms with E-state index in [-0.39, 0.29) is 4.90 Å². The molecule has 0 fully saturated rings. The Labute approximate surface area is 146 Å². The largest absolute Gasteiger partial charge is 0.497 e. The zero-order valence-corrected chi connectivity index (χ0v) is 14.7. The van der Waals surface area contributed by atoms with Crippen LogP contribution in [-0.2, 0) is 14.6 Å². The minimum atomic E-state index is -3.28. The predicted octanol–water partition coefficient (Wildman–Crippen LogP) is 2.95. The lowest BCUT2D eigenvalue weighted by molar-refractivity contribution is 0.180. The van der Waals surface area contributed by atoms with Gasteiger partial charge in [0, 0.05) is 11.8 Å². The van der Waals surface area contributed by atoms with Crippen molar-refractivity contribution in [2.75, 3.05) is 20.0 Å². The van der Waals surface area contributed by atoms with Gasteiger partial charge in [-0.1, -0.05) is 12.1 Å². The average molecular weight is 363 g/mol. The molecule has 0 bridgehead atoms. The summed E-state index contributed by atoms with van der Waals surface area (Å²) >= 11 is 0. The molecule has 3 rings (SSSR count). The Balaban J connectivity index is 1.84. The van der Waals surface area contributed by atoms with Gasteiger partial charge in [0.25, 0.3) is 0 Å². The van der Waals surface area contributed by atoms with Crippen LogP contribution in [0.1, 0.15) is 17.2 Å². The fraction of sp³-hybridized carbons (Fsp3) is 0.278. The van der Waals surface area contributed by atoms with Crippen LogP contribution in [0.4, 0.5) is 4.39 Å². The lowest BCUT2D eigenvalue weighted by atomic mass is 10.0. The van der Waals surface area contributed by atoms with Crippen molar-refractivity contribution in [3.05, 3.63) is 59.7 Å². The highest BCUT2D eigenvalue weighted by atomic mass is 32.2. The number of nitrogens with zero attached hydrogens (tertiary/aromatic N) is 1. The van der Waals surface area contributed by atoms with Crippen LogP contribution in [0.15, 0.2) is 58.4 Å². The van der Waals surface area contributed by atoms with Crippen LogP contribution in [0.25, 0.3) is 0 Å². The van der Waals surface area contributed by atoms with E-state index in [0.717, 1.165) is 11.8 Å². The normalized spacial score (nSPS) is 20.0. The molecule has 0 aromatic heterocycles. The molecule has 0 N–H and O–H groups in total. The van der Waals surface area contributed by atoms with Crippen molar-refractivity contribution in [1.82, 2.24) is 0 Å². The van der Waals surface area contributed by atoms with E-state index >= 15 is 0 Å². The molecule has 5 nitrogen and oxygen atoms in total. The number of benzene rings is 2. The Kier molecular flexibility index (Phi) is 4.76. The Hall–Kier alpha value is -2.41. The minimum Gasteiger partial charge on any atom is -0.497 e. The number of hydrogen-bond donors (Lipinski definition) is 0. The van der Waals surface area contributed by atoms with Gasteiger partial charge in [-0.25, -0.2) is 17.8 Å². The predicted molar refractivity (Wildman–Crippen MR) is 92.7 cm³/mol. The molecule has 25 heavy (non-hydrogen) atoms. The lowest BCUT2D eigenvalue weighted by Gasteiger charge is -2.16. The number of hydrogen-bond acceptors (Lipinski definition) is 5. The number of halogens is 1. The fourth-order valence-electron chi connectivity index (χ4n) is 2.63. The highest BCUT2D eigenvalue weighted by Gasteiger charge is 2.33. The summed E-state index contributed by atoms with van der Waals surface area (Å²) in [5.41, 5.74) is 1.41. The monoisotopic (exact) mass is 363 g/mol. The van der Waals surface area contributed by atoms with E-state index < -0.39 is 28.7 Å². The summed E-state index contributed by atoms with van der Waals surface area (Å²) < 4.78 is 47.5. The van der Waals surface area contributed by atoms with Gasteiger partial charge >= 0.3 is 0 Å². The van der Waals surface area contributed by atoms with Gasteiger partial charge in [-0.2, -0.15) is 0 Å². The quantitative estimate of drug-likeness (QED) is 0.819. The Morgan fingerprint density at radius 2 is 1.76 bits per heavy atom. The number of alkyl halides is 1. The first-order chi connectivity index (χ1) is 11.9. The summed E-state index contributed by atoms with van der Waals surface area (Å²) in [6, 6.07) is 12.7. The van der Waals surface area contributed by atoms with Crippen molar-refractivity contribution in [1.29, 1.82) is 0 Å². The molecule has 0 spiro atoms. The van der Waals surface area contributed by atoms with Gasteiger partial charge in [-0.3, -0.25) is 0 Å². The zero-order valence-electron chi connectivity index (χ0n) is 13.8. The third kappa shape index (κ3) is 3.66. The molecule has 2 unspecified atom stereocenters. The van der Waals surface area contributed by atoms with E-state index in [9.17, 15) is 12.8 Å². The number of ether oxygens (including phenoxy) is 2. The summed E-state index contributed by atoms with van der Waals surface area (Å²) in [6.07, 6.45) is 0.555. The average Bonchev–Trinajstić information content (AvgIpc) is 3.05. The highest BCUT2D eigenvalue weighted by molar-refractivity contribution is 7.90. The van der Waals surface area contributed by atoms with Crippen molar-refractivity contribution in [2.45, 2.75) is 17.0 Å². The fourth-order valence-corrected chi connectivity index (χ4v) is 3.26. The first kappa shape index (κ1) is 17.4. The lowest BCUT2D eigenvalue weighted by Crippen LogP contribution is -2.16. The SMILES string of the molecule is COc1ccc(C2=NC(CF)C(c3ccc(S(C)(=O)=O)cc3)O2)cc1. The second-order valence-corrected chi connectivity index (χ2v) is 7.78. The van der Waals surface area contributed by atoms with Gasteiger partial charge in [-0.05, 0) is 42.0 Å². The molecule has 1 aliphatic rings. The zero-order chi connectivity index (χ0) is 18.0. The molecule has 2 aromatic rings. The molecular formula is C18H18FNO4S. The maximum atomic E-state index is 13.4. The molecule has 7 heteroatoms. The van der Waals surface area contributed by atoms with Crippen LogP contribution in [-0.4, -0.2) is 40.4 Å². The Morgan fingerprint density at radius 1 is 1.12 bits per heavy atom. The van der Waals surface area contributed by atoms with Crippen molar-refractivity contribution >= 4 is 15.7 Å². The molecule has 0 amide bonds. The molecule has 1 aliphatic heterocycles. The first-order valence-corrected chi connectivity index (χ1v) is 9.56. The maximum absolute atomic E-state index is 13.4. The van der Waals surface area contributed by atoms with Crippen molar-refractivity contribution < 1.29 is 22.3 Å². The molecule has 0 aliphatic carbocycles. The Bertz CT molecular complexity index is 876. The second kappa shape index (κ2) is 6.84. The molecule has 0 saturated heterocycles. The van der Waals surface area contributed by atoms with E-state index in [2.05, 4.69) is 4.99 Å². The third-order valence-electron chi connectivity index (χ3n) is 4.00. The second-order valence-electron chi connectivity index (χ2n) is 5.76. The van der Waals surface area contributed by atoms with Crippen LogP contribution in [0.3, 0.4) is 0 Å². The minimum absolute atomic E-state index is 0.211. The third-order valence-corrected chi connectivity index (χ3v) is 5.13. The van der Waals surface area contributed by atoms with Crippen molar-refractivity contribution in [2.24, 2.45) is 4.99 Å². The molecule has 0 radical (unpaired) electrons. The van der Waals surface area contributed by atoms with E-state index in [1.54, 1.807) is 43.5 Å². The first-order valence-electron chi connectivity index (χ1n) is 7.67. The van der Waals surface area contributed by atoms with Crippen molar-refractivity contribution in [3.8, 4) is 5.75 Å². The van der Waals surface area contributed by atoms with Crippen LogP contribution >= 0.6 is 0 Å².